The molecule has 0 rings (SSSR count). The molecule has 0 aliphatic heterocycles. The Kier molecular flexibility index (Phi) is 9.60. The summed E-state index contributed by atoms with van der Waals surface area (Å²) < 4.78 is 9.97. The fourth-order valence-corrected chi connectivity index (χ4v) is 0.916. The van der Waals surface area contributed by atoms with Gasteiger partial charge in [-0.3, -0.25) is 4.79 Å². The summed E-state index contributed by atoms with van der Waals surface area (Å²) in [4.78, 5) is 18.2. The van der Waals surface area contributed by atoms with Crippen LogP contribution in [0.15, 0.2) is 0 Å². The van der Waals surface area contributed by atoms with Crippen LogP contribution in [0.2, 0.25) is 0 Å². The molecule has 0 aromatic carbocycles. The van der Waals surface area contributed by atoms with Crippen LogP contribution in [0, 0.1) is 0 Å². The van der Waals surface area contributed by atoms with E-state index in [1.807, 2.05) is 0 Å². The van der Waals surface area contributed by atoms with Crippen molar-refractivity contribution in [3.8, 4) is 0 Å². The molecule has 0 aliphatic rings. The van der Waals surface area contributed by atoms with Gasteiger partial charge in [0.25, 0.3) is 0 Å². The van der Waals surface area contributed by atoms with E-state index < -0.39 is 13.3 Å². The van der Waals surface area contributed by atoms with E-state index in [-0.39, 0.29) is 25.0 Å². The standard InChI is InChI=1S/C4H6ClO3P.ClH/c5-4(6)2-1-3-9(7)8;/h1-3H2;1H/p+1. The molecule has 0 aliphatic carbocycles. The minimum absolute atomic E-state index is 0. The van der Waals surface area contributed by atoms with Crippen molar-refractivity contribution in [2.45, 2.75) is 12.8 Å². The maximum absolute atomic E-state index is 10.0. The van der Waals surface area contributed by atoms with Gasteiger partial charge in [-0.25, -0.2) is 0 Å². The lowest BCUT2D eigenvalue weighted by atomic mass is 10.4. The first-order valence-electron chi connectivity index (χ1n) is 2.45. The monoisotopic (exact) mass is 205 g/mol. The molecular formula is C4H8Cl2O3P+. The quantitative estimate of drug-likeness (QED) is 0.562. The number of halogens is 2. The molecule has 60 valence electrons. The van der Waals surface area contributed by atoms with Gasteiger partial charge >= 0.3 is 8.03 Å². The third kappa shape index (κ3) is 11.2. The highest BCUT2D eigenvalue weighted by Gasteiger charge is 2.09. The average molecular weight is 206 g/mol. The van der Waals surface area contributed by atoms with Crippen molar-refractivity contribution in [2.75, 3.05) is 6.16 Å². The summed E-state index contributed by atoms with van der Waals surface area (Å²) >= 11 is 4.95. The zero-order valence-electron chi connectivity index (χ0n) is 5.12. The van der Waals surface area contributed by atoms with Crippen LogP contribution in [0.3, 0.4) is 0 Å². The molecule has 0 saturated heterocycles. The first kappa shape index (κ1) is 12.9. The van der Waals surface area contributed by atoms with Gasteiger partial charge in [-0.15, -0.1) is 12.4 Å². The number of carbonyl (C=O) groups excluding carboxylic acids is 1. The average Bonchev–Trinajstić information content (AvgIpc) is 1.63. The van der Waals surface area contributed by atoms with Crippen molar-refractivity contribution in [3.63, 3.8) is 0 Å². The minimum atomic E-state index is -2.09. The van der Waals surface area contributed by atoms with Crippen molar-refractivity contribution in [2.24, 2.45) is 0 Å². The van der Waals surface area contributed by atoms with Crippen LogP contribution in [0.25, 0.3) is 0 Å². The van der Waals surface area contributed by atoms with Gasteiger partial charge < -0.3 is 0 Å². The molecule has 0 spiro atoms. The lowest BCUT2D eigenvalue weighted by Gasteiger charge is -1.81. The first-order chi connectivity index (χ1) is 4.13. The Morgan fingerprint density at radius 3 is 2.40 bits per heavy atom. The highest BCUT2D eigenvalue weighted by Crippen LogP contribution is 2.15. The lowest BCUT2D eigenvalue weighted by Crippen LogP contribution is -1.86. The maximum atomic E-state index is 10.0. The second-order valence-corrected chi connectivity index (χ2v) is 3.11. The van der Waals surface area contributed by atoms with E-state index in [2.05, 4.69) is 0 Å². The van der Waals surface area contributed by atoms with E-state index in [1.54, 1.807) is 0 Å². The molecule has 6 heteroatoms. The van der Waals surface area contributed by atoms with Gasteiger partial charge in [-0.1, -0.05) is 0 Å². The van der Waals surface area contributed by atoms with Gasteiger partial charge in [0.15, 0.2) is 6.16 Å². The maximum Gasteiger partial charge on any atom is 0.505 e. The zero-order valence-corrected chi connectivity index (χ0v) is 7.59. The number of carbonyl (C=O) groups is 1. The molecule has 0 saturated carbocycles. The van der Waals surface area contributed by atoms with Gasteiger partial charge in [0.1, 0.15) is 0 Å². The molecule has 0 aromatic heterocycles. The van der Waals surface area contributed by atoms with Crippen LogP contribution in [0.1, 0.15) is 12.8 Å². The Labute approximate surface area is 71.0 Å². The van der Waals surface area contributed by atoms with Crippen LogP contribution < -0.4 is 0 Å². The minimum Gasteiger partial charge on any atom is -0.281 e. The van der Waals surface area contributed by atoms with E-state index in [9.17, 15) is 9.36 Å². The fraction of sp³-hybridized carbons (Fsp3) is 0.750. The zero-order chi connectivity index (χ0) is 7.28. The molecule has 1 unspecified atom stereocenters. The molecule has 0 aromatic rings. The Hall–Kier alpha value is 0.310. The van der Waals surface area contributed by atoms with Crippen molar-refractivity contribution in [3.05, 3.63) is 0 Å². The molecule has 10 heavy (non-hydrogen) atoms. The first-order valence-corrected chi connectivity index (χ1v) is 4.22. The topological polar surface area (TPSA) is 54.4 Å². The van der Waals surface area contributed by atoms with Crippen LogP contribution >= 0.6 is 32.0 Å². The summed E-state index contributed by atoms with van der Waals surface area (Å²) in [6.45, 7) is 0. The van der Waals surface area contributed by atoms with E-state index in [0.29, 0.717) is 6.42 Å². The van der Waals surface area contributed by atoms with Gasteiger partial charge in [0.2, 0.25) is 5.24 Å². The second kappa shape index (κ2) is 7.42. The summed E-state index contributed by atoms with van der Waals surface area (Å²) in [5.74, 6) is 0. The highest BCUT2D eigenvalue weighted by molar-refractivity contribution is 7.37. The molecule has 0 radical (unpaired) electrons. The smallest absolute Gasteiger partial charge is 0.281 e. The molecular weight excluding hydrogens is 198 g/mol. The summed E-state index contributed by atoms with van der Waals surface area (Å²) in [6, 6.07) is 0. The van der Waals surface area contributed by atoms with Crippen LogP contribution in [0.5, 0.6) is 0 Å². The number of rotatable bonds is 4. The largest absolute Gasteiger partial charge is 0.505 e. The van der Waals surface area contributed by atoms with Gasteiger partial charge in [-0.05, 0) is 16.2 Å². The Bertz CT molecular complexity index is 114. The van der Waals surface area contributed by atoms with Crippen molar-refractivity contribution >= 4 is 37.3 Å². The summed E-state index contributed by atoms with van der Waals surface area (Å²) in [7, 11) is -2.09. The third-order valence-electron chi connectivity index (χ3n) is 0.723. The van der Waals surface area contributed by atoms with E-state index >= 15 is 0 Å². The molecule has 0 fully saturated rings. The summed E-state index contributed by atoms with van der Waals surface area (Å²) in [6.07, 6.45) is 0.741. The van der Waals surface area contributed by atoms with Crippen molar-refractivity contribution < 1.29 is 14.3 Å². The van der Waals surface area contributed by atoms with Gasteiger partial charge in [0.05, 0.1) is 0 Å². The Balaban J connectivity index is 0. The SMILES string of the molecule is Cl.O=C(Cl)CCC[P+](=O)O. The predicted octanol–water partition coefficient (Wildman–Crippen LogP) is 1.69. The van der Waals surface area contributed by atoms with Crippen molar-refractivity contribution in [1.29, 1.82) is 0 Å². The lowest BCUT2D eigenvalue weighted by molar-refractivity contribution is -0.111. The van der Waals surface area contributed by atoms with Crippen LogP contribution in [0.4, 0.5) is 0 Å². The fourth-order valence-electron chi connectivity index (χ4n) is 0.353. The molecule has 1 atom stereocenters. The molecule has 0 bridgehead atoms. The normalized spacial score (nSPS) is 10.0. The second-order valence-electron chi connectivity index (χ2n) is 1.53. The number of hydrogen-bond acceptors (Lipinski definition) is 2. The Morgan fingerprint density at radius 2 is 2.10 bits per heavy atom. The van der Waals surface area contributed by atoms with Gasteiger partial charge in [0, 0.05) is 12.8 Å². The predicted molar refractivity (Wildman–Crippen MR) is 42.0 cm³/mol. The van der Waals surface area contributed by atoms with Crippen molar-refractivity contribution in [1.82, 2.24) is 0 Å². The third-order valence-corrected chi connectivity index (χ3v) is 1.61. The van der Waals surface area contributed by atoms with E-state index in [1.165, 1.54) is 0 Å². The molecule has 1 N–H and O–H groups in total. The number of hydrogen-bond donors (Lipinski definition) is 1. The van der Waals surface area contributed by atoms with E-state index in [4.69, 9.17) is 16.5 Å². The molecule has 0 amide bonds. The van der Waals surface area contributed by atoms with Crippen LogP contribution in [-0.4, -0.2) is 16.3 Å². The summed E-state index contributed by atoms with van der Waals surface area (Å²) in [5.41, 5.74) is 0. The molecule has 3 nitrogen and oxygen atoms in total. The Morgan fingerprint density at radius 1 is 1.60 bits per heavy atom. The molecule has 0 heterocycles. The highest BCUT2D eigenvalue weighted by atomic mass is 35.5. The van der Waals surface area contributed by atoms with Crippen LogP contribution in [-0.2, 0) is 9.36 Å². The summed E-state index contributed by atoms with van der Waals surface area (Å²) in [5, 5.41) is -0.452. The van der Waals surface area contributed by atoms with Gasteiger partial charge in [-0.2, -0.15) is 4.89 Å². The van der Waals surface area contributed by atoms with E-state index in [0.717, 1.165) is 0 Å².